The smallest absolute Gasteiger partial charge is 0.416 e. The highest BCUT2D eigenvalue weighted by molar-refractivity contribution is 9.10. The Labute approximate surface area is 201 Å². The molecule has 4 aromatic rings. The number of nitrogens with one attached hydrogen (secondary N) is 1. The van der Waals surface area contributed by atoms with E-state index in [1.54, 1.807) is 24.9 Å². The van der Waals surface area contributed by atoms with E-state index in [9.17, 15) is 18.0 Å². The minimum absolute atomic E-state index is 0.183. The summed E-state index contributed by atoms with van der Waals surface area (Å²) in [4.78, 5) is 14.9. The molecule has 0 aliphatic heterocycles. The van der Waals surface area contributed by atoms with Gasteiger partial charge in [0.2, 0.25) is 0 Å². The van der Waals surface area contributed by atoms with Crippen LogP contribution in [-0.2, 0) is 35.8 Å². The van der Waals surface area contributed by atoms with Gasteiger partial charge in [0.15, 0.2) is 0 Å². The number of nitrogens with zero attached hydrogens (tertiary/aromatic N) is 2. The largest absolute Gasteiger partial charge is 0.487 e. The van der Waals surface area contributed by atoms with Crippen molar-refractivity contribution >= 4 is 32.8 Å². The summed E-state index contributed by atoms with van der Waals surface area (Å²) in [6.45, 7) is 2.29. The van der Waals surface area contributed by atoms with Gasteiger partial charge in [-0.2, -0.15) is 18.3 Å². The monoisotopic (exact) mass is 535 g/mol. The van der Waals surface area contributed by atoms with E-state index in [4.69, 9.17) is 9.47 Å². The molecule has 0 fully saturated rings. The van der Waals surface area contributed by atoms with Gasteiger partial charge in [-0.15, -0.1) is 0 Å². The lowest BCUT2D eigenvalue weighted by atomic mass is 10.1. The van der Waals surface area contributed by atoms with Crippen molar-refractivity contribution in [1.82, 2.24) is 14.8 Å². The van der Waals surface area contributed by atoms with Crippen LogP contribution in [0.4, 0.5) is 13.2 Å². The number of aromatic nitrogens is 3. The number of hydrogen-bond acceptors (Lipinski definition) is 4. The minimum atomic E-state index is -4.39. The Morgan fingerprint density at radius 2 is 1.91 bits per heavy atom. The zero-order valence-corrected chi connectivity index (χ0v) is 20.0. The number of rotatable bonds is 7. The summed E-state index contributed by atoms with van der Waals surface area (Å²) in [6, 6.07) is 10.4. The molecule has 0 amide bonds. The molecule has 10 heteroatoms. The summed E-state index contributed by atoms with van der Waals surface area (Å²) in [7, 11) is 1.74. The molecule has 2 aromatic carbocycles. The summed E-state index contributed by atoms with van der Waals surface area (Å²) in [5, 5.41) is 5.35. The van der Waals surface area contributed by atoms with E-state index in [0.29, 0.717) is 28.1 Å². The van der Waals surface area contributed by atoms with Crippen molar-refractivity contribution in [1.29, 1.82) is 0 Å². The minimum Gasteiger partial charge on any atom is -0.487 e. The Morgan fingerprint density at radius 3 is 2.59 bits per heavy atom. The van der Waals surface area contributed by atoms with Crippen LogP contribution in [0.1, 0.15) is 23.7 Å². The summed E-state index contributed by atoms with van der Waals surface area (Å²) in [6.07, 6.45) is -2.43. The predicted molar refractivity (Wildman–Crippen MR) is 124 cm³/mol. The highest BCUT2D eigenvalue weighted by Crippen LogP contribution is 2.34. The van der Waals surface area contributed by atoms with E-state index >= 15 is 0 Å². The zero-order valence-electron chi connectivity index (χ0n) is 18.4. The van der Waals surface area contributed by atoms with Crippen molar-refractivity contribution in [2.45, 2.75) is 26.1 Å². The molecule has 6 nitrogen and oxygen atoms in total. The third kappa shape index (κ3) is 4.96. The quantitative estimate of drug-likeness (QED) is 0.293. The van der Waals surface area contributed by atoms with Gasteiger partial charge in [0.05, 0.1) is 28.8 Å². The fraction of sp³-hybridized carbons (Fsp3) is 0.250. The number of alkyl halides is 3. The Kier molecular flexibility index (Phi) is 6.70. The molecule has 2 aromatic heterocycles. The Balaban J connectivity index is 1.49. The number of aryl methyl sites for hydroxylation is 1. The van der Waals surface area contributed by atoms with Crippen molar-refractivity contribution in [3.05, 3.63) is 70.0 Å². The predicted octanol–water partition coefficient (Wildman–Crippen LogP) is 6.03. The molecule has 0 aliphatic rings. The Morgan fingerprint density at radius 1 is 1.18 bits per heavy atom. The first-order valence-corrected chi connectivity index (χ1v) is 11.2. The number of halogens is 4. The normalized spacial score (nSPS) is 11.7. The van der Waals surface area contributed by atoms with Gasteiger partial charge < -0.3 is 14.5 Å². The maximum atomic E-state index is 12.8. The van der Waals surface area contributed by atoms with Gasteiger partial charge in [-0.05, 0) is 52.7 Å². The average Bonchev–Trinajstić information content (AvgIpc) is 3.31. The number of H-pyrrole nitrogens is 1. The first-order valence-electron chi connectivity index (χ1n) is 10.4. The summed E-state index contributed by atoms with van der Waals surface area (Å²) < 4.78 is 51.8. The number of benzene rings is 2. The second-order valence-corrected chi connectivity index (χ2v) is 8.39. The van der Waals surface area contributed by atoms with Crippen LogP contribution < -0.4 is 4.74 Å². The first-order chi connectivity index (χ1) is 16.2. The lowest BCUT2D eigenvalue weighted by Crippen LogP contribution is -2.06. The number of ether oxygens (including phenoxy) is 2. The van der Waals surface area contributed by atoms with E-state index < -0.39 is 11.7 Å². The number of fused-ring (bicyclic) bond motifs is 1. The highest BCUT2D eigenvalue weighted by Gasteiger charge is 2.30. The fourth-order valence-electron chi connectivity index (χ4n) is 3.61. The van der Waals surface area contributed by atoms with Gasteiger partial charge in [0.1, 0.15) is 18.1 Å². The molecular formula is C24H21BrF3N3O3. The summed E-state index contributed by atoms with van der Waals surface area (Å²) in [5.74, 6) is 0.329. The number of hydrogen-bond donors (Lipinski definition) is 1. The van der Waals surface area contributed by atoms with Crippen LogP contribution in [0.25, 0.3) is 22.2 Å². The van der Waals surface area contributed by atoms with Gasteiger partial charge in [0.25, 0.3) is 0 Å². The zero-order chi connectivity index (χ0) is 24.5. The third-order valence-corrected chi connectivity index (χ3v) is 6.18. The van der Waals surface area contributed by atoms with E-state index in [0.717, 1.165) is 34.3 Å². The maximum absolute atomic E-state index is 12.8. The van der Waals surface area contributed by atoms with Crippen LogP contribution in [0.3, 0.4) is 0 Å². The second-order valence-electron chi connectivity index (χ2n) is 7.60. The molecule has 1 N–H and O–H groups in total. The molecule has 0 atom stereocenters. The first kappa shape index (κ1) is 23.9. The number of esters is 1. The summed E-state index contributed by atoms with van der Waals surface area (Å²) >= 11 is 3.51. The van der Waals surface area contributed by atoms with Crippen molar-refractivity contribution in [3.8, 4) is 17.0 Å². The standard InChI is InChI=1S/C24H21BrF3N3O3/c1-3-33-21(32)10-15-12-29-19-11-17(8-9-18(15)19)34-13-20-22(25)23(30-31(20)2)14-4-6-16(7-5-14)24(26,27)28/h4-9,11-12,29H,3,10,13H2,1-2H3. The second kappa shape index (κ2) is 9.54. The van der Waals surface area contributed by atoms with Gasteiger partial charge in [-0.1, -0.05) is 12.1 Å². The molecule has 0 aliphatic carbocycles. The van der Waals surface area contributed by atoms with Crippen LogP contribution in [0, 0.1) is 0 Å². The lowest BCUT2D eigenvalue weighted by molar-refractivity contribution is -0.142. The molecule has 4 rings (SSSR count). The van der Waals surface area contributed by atoms with Gasteiger partial charge in [0, 0.05) is 35.8 Å². The third-order valence-electron chi connectivity index (χ3n) is 5.34. The fourth-order valence-corrected chi connectivity index (χ4v) is 4.29. The molecule has 0 radical (unpaired) electrons. The Hall–Kier alpha value is -3.27. The topological polar surface area (TPSA) is 69.1 Å². The molecule has 0 unspecified atom stereocenters. The molecular weight excluding hydrogens is 515 g/mol. The number of carbonyl (C=O) groups excluding carboxylic acids is 1. The van der Waals surface area contributed by atoms with Crippen molar-refractivity contribution in [2.75, 3.05) is 6.61 Å². The van der Waals surface area contributed by atoms with Crippen molar-refractivity contribution < 1.29 is 27.4 Å². The Bertz CT molecular complexity index is 1330. The summed E-state index contributed by atoms with van der Waals surface area (Å²) in [5.41, 5.74) is 2.77. The van der Waals surface area contributed by atoms with Crippen molar-refractivity contribution in [3.63, 3.8) is 0 Å². The molecule has 0 saturated heterocycles. The average molecular weight is 536 g/mol. The van der Waals surface area contributed by atoms with E-state index in [-0.39, 0.29) is 19.0 Å². The van der Waals surface area contributed by atoms with Crippen LogP contribution >= 0.6 is 15.9 Å². The van der Waals surface area contributed by atoms with Crippen LogP contribution in [0.15, 0.2) is 53.1 Å². The number of carbonyl (C=O) groups is 1. The van der Waals surface area contributed by atoms with Crippen LogP contribution in [-0.4, -0.2) is 27.3 Å². The molecule has 34 heavy (non-hydrogen) atoms. The van der Waals surface area contributed by atoms with Crippen LogP contribution in [0.2, 0.25) is 0 Å². The number of aromatic amines is 1. The molecule has 0 bridgehead atoms. The molecule has 178 valence electrons. The molecule has 0 spiro atoms. The van der Waals surface area contributed by atoms with Gasteiger partial charge >= 0.3 is 12.1 Å². The highest BCUT2D eigenvalue weighted by atomic mass is 79.9. The maximum Gasteiger partial charge on any atom is 0.416 e. The molecule has 2 heterocycles. The van der Waals surface area contributed by atoms with E-state index in [2.05, 4.69) is 26.0 Å². The van der Waals surface area contributed by atoms with E-state index in [1.165, 1.54) is 12.1 Å². The van der Waals surface area contributed by atoms with E-state index in [1.807, 2.05) is 18.2 Å². The molecule has 0 saturated carbocycles. The van der Waals surface area contributed by atoms with Gasteiger partial charge in [-0.3, -0.25) is 9.48 Å². The SMILES string of the molecule is CCOC(=O)Cc1c[nH]c2cc(OCc3c(Br)c(-c4ccc(C(F)(F)F)cc4)nn3C)ccc12. The van der Waals surface area contributed by atoms with Crippen LogP contribution in [0.5, 0.6) is 5.75 Å². The van der Waals surface area contributed by atoms with Gasteiger partial charge in [-0.25, -0.2) is 0 Å². The lowest BCUT2D eigenvalue weighted by Gasteiger charge is -2.08. The van der Waals surface area contributed by atoms with Crippen molar-refractivity contribution in [2.24, 2.45) is 7.05 Å².